The van der Waals surface area contributed by atoms with Gasteiger partial charge in [0.1, 0.15) is 5.65 Å². The van der Waals surface area contributed by atoms with Gasteiger partial charge in [0, 0.05) is 25.4 Å². The molecule has 3 heterocycles. The molecule has 1 amide bonds. The highest BCUT2D eigenvalue weighted by molar-refractivity contribution is 6.31. The van der Waals surface area contributed by atoms with E-state index in [0.29, 0.717) is 24.4 Å². The molecule has 0 aliphatic carbocycles. The first-order valence-electron chi connectivity index (χ1n) is 8.34. The first-order valence-corrected chi connectivity index (χ1v) is 8.72. The van der Waals surface area contributed by atoms with E-state index in [1.54, 1.807) is 15.5 Å². The Morgan fingerprint density at radius 2 is 2.08 bits per heavy atom. The molecule has 2 aromatic heterocycles. The van der Waals surface area contributed by atoms with E-state index >= 15 is 0 Å². The van der Waals surface area contributed by atoms with Crippen LogP contribution in [0.5, 0.6) is 0 Å². The predicted octanol–water partition coefficient (Wildman–Crippen LogP) is 2.18. The highest BCUT2D eigenvalue weighted by Gasteiger charge is 2.26. The molecule has 2 aromatic rings. The van der Waals surface area contributed by atoms with Crippen molar-refractivity contribution in [2.75, 3.05) is 19.7 Å². The molecule has 0 aromatic carbocycles. The third kappa shape index (κ3) is 4.23. The van der Waals surface area contributed by atoms with E-state index in [0.717, 1.165) is 0 Å². The first kappa shape index (κ1) is 18.4. The Kier molecular flexibility index (Phi) is 5.58. The summed E-state index contributed by atoms with van der Waals surface area (Å²) >= 11 is 6.10. The lowest BCUT2D eigenvalue weighted by atomic mass is 10.2. The Morgan fingerprint density at radius 3 is 2.81 bits per heavy atom. The Balaban J connectivity index is 1.57. The molecule has 1 aliphatic rings. The molecule has 26 heavy (non-hydrogen) atoms. The van der Waals surface area contributed by atoms with E-state index in [4.69, 9.17) is 21.1 Å². The van der Waals surface area contributed by atoms with E-state index in [1.807, 2.05) is 32.0 Å². The molecule has 2 atom stereocenters. The fraction of sp³-hybridized carbons (Fsp3) is 0.389. The molecular formula is C18H20ClN3O4. The number of carbonyl (C=O) groups is 2. The van der Waals surface area contributed by atoms with Gasteiger partial charge in [-0.15, -0.1) is 0 Å². The van der Waals surface area contributed by atoms with Gasteiger partial charge in [0.2, 0.25) is 0 Å². The van der Waals surface area contributed by atoms with Crippen LogP contribution < -0.4 is 0 Å². The third-order valence-electron chi connectivity index (χ3n) is 4.01. The summed E-state index contributed by atoms with van der Waals surface area (Å²) < 4.78 is 12.4. The number of hydrogen-bond acceptors (Lipinski definition) is 5. The number of morpholine rings is 1. The quantitative estimate of drug-likeness (QED) is 0.603. The third-order valence-corrected chi connectivity index (χ3v) is 4.29. The number of pyridine rings is 1. The minimum Gasteiger partial charge on any atom is -0.452 e. The number of amides is 1. The second-order valence-corrected chi connectivity index (χ2v) is 6.57. The summed E-state index contributed by atoms with van der Waals surface area (Å²) in [5.41, 5.74) is 1.25. The van der Waals surface area contributed by atoms with Crippen molar-refractivity contribution < 1.29 is 19.1 Å². The smallest absolute Gasteiger partial charge is 0.331 e. The molecule has 0 radical (unpaired) electrons. The largest absolute Gasteiger partial charge is 0.452 e. The maximum Gasteiger partial charge on any atom is 0.331 e. The van der Waals surface area contributed by atoms with Gasteiger partial charge in [0.25, 0.3) is 5.91 Å². The Hall–Kier alpha value is -2.38. The van der Waals surface area contributed by atoms with Gasteiger partial charge in [0.05, 0.1) is 17.9 Å². The van der Waals surface area contributed by atoms with E-state index in [1.165, 1.54) is 12.2 Å². The summed E-state index contributed by atoms with van der Waals surface area (Å²) in [5, 5.41) is 0.285. The zero-order valence-corrected chi connectivity index (χ0v) is 15.3. The standard InChI is InChI=1S/C18H20ClN3O4/c1-12-9-21(10-13(2)26-12)16(23)11-25-17(24)7-6-14-18(19)20-15-5-3-4-8-22(14)15/h3-8,12-13H,9-11H2,1-2H3/b7-6+/t12-,13-/m1/s1. The Bertz CT molecular complexity index is 838. The van der Waals surface area contributed by atoms with Crippen molar-refractivity contribution >= 4 is 35.2 Å². The van der Waals surface area contributed by atoms with Gasteiger partial charge in [-0.05, 0) is 32.1 Å². The Morgan fingerprint density at radius 1 is 1.35 bits per heavy atom. The zero-order chi connectivity index (χ0) is 18.7. The van der Waals surface area contributed by atoms with Crippen molar-refractivity contribution in [2.45, 2.75) is 26.1 Å². The summed E-state index contributed by atoms with van der Waals surface area (Å²) in [6.45, 7) is 4.50. The molecule has 1 fully saturated rings. The predicted molar refractivity (Wildman–Crippen MR) is 96.8 cm³/mol. The fourth-order valence-electron chi connectivity index (χ4n) is 2.94. The van der Waals surface area contributed by atoms with Gasteiger partial charge in [0.15, 0.2) is 11.8 Å². The average Bonchev–Trinajstić information content (AvgIpc) is 2.92. The van der Waals surface area contributed by atoms with E-state index in [2.05, 4.69) is 4.98 Å². The molecule has 0 bridgehead atoms. The van der Waals surface area contributed by atoms with Gasteiger partial charge in [-0.2, -0.15) is 0 Å². The molecule has 0 N–H and O–H groups in total. The van der Waals surface area contributed by atoms with Crippen LogP contribution in [0, 0.1) is 0 Å². The molecular weight excluding hydrogens is 358 g/mol. The Labute approximate surface area is 156 Å². The average molecular weight is 378 g/mol. The summed E-state index contributed by atoms with van der Waals surface area (Å²) in [4.78, 5) is 30.0. The monoisotopic (exact) mass is 377 g/mol. The number of carbonyl (C=O) groups excluding carboxylic acids is 2. The van der Waals surface area contributed by atoms with Crippen LogP contribution in [0.1, 0.15) is 19.5 Å². The van der Waals surface area contributed by atoms with E-state index < -0.39 is 5.97 Å². The first-order chi connectivity index (χ1) is 12.4. The topological polar surface area (TPSA) is 73.1 Å². The SMILES string of the molecule is C[C@@H]1CN(C(=O)COC(=O)/C=C/c2c(Cl)nc3ccccn23)C[C@@H](C)O1. The van der Waals surface area contributed by atoms with Gasteiger partial charge in [-0.1, -0.05) is 17.7 Å². The summed E-state index contributed by atoms with van der Waals surface area (Å²) in [7, 11) is 0. The van der Waals surface area contributed by atoms with Crippen molar-refractivity contribution in [3.63, 3.8) is 0 Å². The van der Waals surface area contributed by atoms with E-state index in [-0.39, 0.29) is 29.9 Å². The summed E-state index contributed by atoms with van der Waals surface area (Å²) in [6.07, 6.45) is 4.49. The van der Waals surface area contributed by atoms with Crippen LogP contribution >= 0.6 is 11.6 Å². The lowest BCUT2D eigenvalue weighted by molar-refractivity contribution is -0.154. The van der Waals surface area contributed by atoms with Crippen molar-refractivity contribution in [3.8, 4) is 0 Å². The summed E-state index contributed by atoms with van der Waals surface area (Å²) in [6, 6.07) is 5.49. The molecule has 138 valence electrons. The van der Waals surface area contributed by atoms with Gasteiger partial charge in [-0.25, -0.2) is 9.78 Å². The number of esters is 1. The fourth-order valence-corrected chi connectivity index (χ4v) is 3.18. The number of halogens is 1. The number of fused-ring (bicyclic) bond motifs is 1. The number of rotatable bonds is 4. The van der Waals surface area contributed by atoms with Crippen LogP contribution in [-0.4, -0.2) is 58.1 Å². The van der Waals surface area contributed by atoms with Crippen LogP contribution in [0.15, 0.2) is 30.5 Å². The molecule has 0 spiro atoms. The number of nitrogens with zero attached hydrogens (tertiary/aromatic N) is 3. The number of ether oxygens (including phenoxy) is 2. The second kappa shape index (κ2) is 7.88. The van der Waals surface area contributed by atoms with Crippen molar-refractivity contribution in [3.05, 3.63) is 41.3 Å². The lowest BCUT2D eigenvalue weighted by Crippen LogP contribution is -2.49. The highest BCUT2D eigenvalue weighted by Crippen LogP contribution is 2.19. The number of imidazole rings is 1. The van der Waals surface area contributed by atoms with Gasteiger partial charge < -0.3 is 14.4 Å². The molecule has 1 saturated heterocycles. The van der Waals surface area contributed by atoms with Crippen LogP contribution in [-0.2, 0) is 19.1 Å². The van der Waals surface area contributed by atoms with Crippen LogP contribution in [0.25, 0.3) is 11.7 Å². The minimum absolute atomic E-state index is 0.0319. The van der Waals surface area contributed by atoms with Crippen LogP contribution in [0.2, 0.25) is 5.15 Å². The molecule has 8 heteroatoms. The summed E-state index contributed by atoms with van der Waals surface area (Å²) in [5.74, 6) is -0.851. The maximum atomic E-state index is 12.2. The van der Waals surface area contributed by atoms with Crippen molar-refractivity contribution in [1.29, 1.82) is 0 Å². The van der Waals surface area contributed by atoms with Crippen molar-refractivity contribution in [2.24, 2.45) is 0 Å². The van der Waals surface area contributed by atoms with E-state index in [9.17, 15) is 9.59 Å². The molecule has 7 nitrogen and oxygen atoms in total. The number of hydrogen-bond donors (Lipinski definition) is 0. The van der Waals surface area contributed by atoms with Gasteiger partial charge >= 0.3 is 5.97 Å². The zero-order valence-electron chi connectivity index (χ0n) is 14.6. The normalized spacial score (nSPS) is 20.7. The number of aromatic nitrogens is 2. The van der Waals surface area contributed by atoms with Crippen LogP contribution in [0.4, 0.5) is 0 Å². The van der Waals surface area contributed by atoms with Crippen molar-refractivity contribution in [1.82, 2.24) is 14.3 Å². The molecule has 1 aliphatic heterocycles. The van der Waals surface area contributed by atoms with Gasteiger partial charge in [-0.3, -0.25) is 9.20 Å². The molecule has 0 saturated carbocycles. The molecule has 3 rings (SSSR count). The minimum atomic E-state index is -0.616. The highest BCUT2D eigenvalue weighted by atomic mass is 35.5. The van der Waals surface area contributed by atoms with Crippen LogP contribution in [0.3, 0.4) is 0 Å². The maximum absolute atomic E-state index is 12.2. The second-order valence-electron chi connectivity index (χ2n) is 6.21. The molecule has 0 unspecified atom stereocenters. The lowest BCUT2D eigenvalue weighted by Gasteiger charge is -2.35.